The van der Waals surface area contributed by atoms with Crippen LogP contribution in [0.3, 0.4) is 0 Å². The standard InChI is InChI=1S/C15H22N4O/c1-17(2)14-11-12(5-6-16-14)15(20)19-9-7-18(8-10-19)13-3-4-13/h5-6,11,13H,3-4,7-10H2,1-2H3. The minimum absolute atomic E-state index is 0.131. The Morgan fingerprint density at radius 3 is 2.55 bits per heavy atom. The second-order valence-electron chi connectivity index (χ2n) is 5.86. The number of carbonyl (C=O) groups excluding carboxylic acids is 1. The van der Waals surface area contributed by atoms with Crippen LogP contribution in [0.5, 0.6) is 0 Å². The first-order valence-corrected chi connectivity index (χ1v) is 7.32. The Balaban J connectivity index is 1.65. The number of carbonyl (C=O) groups is 1. The maximum atomic E-state index is 12.5. The van der Waals surface area contributed by atoms with Gasteiger partial charge in [-0.2, -0.15) is 0 Å². The van der Waals surface area contributed by atoms with Crippen molar-refractivity contribution in [3.63, 3.8) is 0 Å². The van der Waals surface area contributed by atoms with Crippen molar-refractivity contribution in [3.8, 4) is 0 Å². The summed E-state index contributed by atoms with van der Waals surface area (Å²) in [6.45, 7) is 3.72. The minimum Gasteiger partial charge on any atom is -0.363 e. The first-order valence-electron chi connectivity index (χ1n) is 7.32. The van der Waals surface area contributed by atoms with Crippen LogP contribution < -0.4 is 4.90 Å². The maximum Gasteiger partial charge on any atom is 0.254 e. The van der Waals surface area contributed by atoms with E-state index in [1.165, 1.54) is 12.8 Å². The number of pyridine rings is 1. The summed E-state index contributed by atoms with van der Waals surface area (Å²) in [5, 5.41) is 0. The third kappa shape index (κ3) is 2.77. The van der Waals surface area contributed by atoms with E-state index in [-0.39, 0.29) is 5.91 Å². The molecule has 2 fully saturated rings. The van der Waals surface area contributed by atoms with Crippen molar-refractivity contribution in [1.29, 1.82) is 0 Å². The van der Waals surface area contributed by atoms with Crippen LogP contribution in [0.15, 0.2) is 18.3 Å². The molecule has 2 heterocycles. The Morgan fingerprint density at radius 1 is 1.25 bits per heavy atom. The zero-order valence-electron chi connectivity index (χ0n) is 12.2. The normalized spacial score (nSPS) is 20.0. The summed E-state index contributed by atoms with van der Waals surface area (Å²) in [7, 11) is 3.87. The third-order valence-electron chi connectivity index (χ3n) is 4.12. The predicted octanol–water partition coefficient (Wildman–Crippen LogP) is 1.07. The number of piperazine rings is 1. The van der Waals surface area contributed by atoms with Crippen LogP contribution in [0.25, 0.3) is 0 Å². The maximum absolute atomic E-state index is 12.5. The smallest absolute Gasteiger partial charge is 0.254 e. The molecule has 0 radical (unpaired) electrons. The molecule has 0 spiro atoms. The van der Waals surface area contributed by atoms with E-state index in [1.807, 2.05) is 36.0 Å². The van der Waals surface area contributed by atoms with E-state index >= 15 is 0 Å². The number of nitrogens with zero attached hydrogens (tertiary/aromatic N) is 4. The molecule has 1 aliphatic heterocycles. The molecule has 108 valence electrons. The Kier molecular flexibility index (Phi) is 3.61. The first-order chi connectivity index (χ1) is 9.65. The number of hydrogen-bond acceptors (Lipinski definition) is 4. The summed E-state index contributed by atoms with van der Waals surface area (Å²) in [5.41, 5.74) is 0.739. The second-order valence-corrected chi connectivity index (χ2v) is 5.86. The highest BCUT2D eigenvalue weighted by atomic mass is 16.2. The topological polar surface area (TPSA) is 39.7 Å². The monoisotopic (exact) mass is 274 g/mol. The molecule has 1 aromatic rings. The van der Waals surface area contributed by atoms with Gasteiger partial charge in [-0.25, -0.2) is 4.98 Å². The van der Waals surface area contributed by atoms with Crippen molar-refractivity contribution in [1.82, 2.24) is 14.8 Å². The van der Waals surface area contributed by atoms with E-state index in [2.05, 4.69) is 9.88 Å². The van der Waals surface area contributed by atoms with Crippen LogP contribution >= 0.6 is 0 Å². The van der Waals surface area contributed by atoms with Gasteiger partial charge in [0.15, 0.2) is 0 Å². The molecule has 1 saturated carbocycles. The second kappa shape index (κ2) is 5.40. The van der Waals surface area contributed by atoms with E-state index in [1.54, 1.807) is 6.20 Å². The fourth-order valence-electron chi connectivity index (χ4n) is 2.71. The van der Waals surface area contributed by atoms with Crippen LogP contribution in [-0.4, -0.2) is 67.0 Å². The van der Waals surface area contributed by atoms with E-state index in [9.17, 15) is 4.79 Å². The summed E-state index contributed by atoms with van der Waals surface area (Å²) in [6.07, 6.45) is 4.39. The van der Waals surface area contributed by atoms with Crippen LogP contribution in [0.1, 0.15) is 23.2 Å². The van der Waals surface area contributed by atoms with Crippen LogP contribution in [0.4, 0.5) is 5.82 Å². The number of aromatic nitrogens is 1. The minimum atomic E-state index is 0.131. The van der Waals surface area contributed by atoms with Crippen LogP contribution in [0.2, 0.25) is 0 Å². The van der Waals surface area contributed by atoms with Gasteiger partial charge in [-0.3, -0.25) is 9.69 Å². The number of hydrogen-bond donors (Lipinski definition) is 0. The van der Waals surface area contributed by atoms with Gasteiger partial charge in [-0.1, -0.05) is 0 Å². The fraction of sp³-hybridized carbons (Fsp3) is 0.600. The summed E-state index contributed by atoms with van der Waals surface area (Å²) >= 11 is 0. The SMILES string of the molecule is CN(C)c1cc(C(=O)N2CCN(C3CC3)CC2)ccn1. The number of amides is 1. The van der Waals surface area contributed by atoms with Gasteiger partial charge in [0.2, 0.25) is 0 Å². The molecule has 2 aliphatic rings. The van der Waals surface area contributed by atoms with Gasteiger partial charge >= 0.3 is 0 Å². The van der Waals surface area contributed by atoms with E-state index in [4.69, 9.17) is 0 Å². The molecule has 0 aromatic carbocycles. The van der Waals surface area contributed by atoms with E-state index < -0.39 is 0 Å². The lowest BCUT2D eigenvalue weighted by atomic mass is 10.2. The zero-order chi connectivity index (χ0) is 14.1. The van der Waals surface area contributed by atoms with Crippen LogP contribution in [-0.2, 0) is 0 Å². The Morgan fingerprint density at radius 2 is 1.95 bits per heavy atom. The fourth-order valence-corrected chi connectivity index (χ4v) is 2.71. The first kappa shape index (κ1) is 13.4. The van der Waals surface area contributed by atoms with Gasteiger partial charge in [0, 0.05) is 58.1 Å². The molecule has 20 heavy (non-hydrogen) atoms. The van der Waals surface area contributed by atoms with Crippen molar-refractivity contribution >= 4 is 11.7 Å². The molecular formula is C15H22N4O. The highest BCUT2D eigenvalue weighted by Gasteiger charge is 2.32. The highest BCUT2D eigenvalue weighted by Crippen LogP contribution is 2.27. The molecule has 0 N–H and O–H groups in total. The number of anilines is 1. The lowest BCUT2D eigenvalue weighted by molar-refractivity contribution is 0.0627. The van der Waals surface area contributed by atoms with Crippen molar-refractivity contribution in [2.45, 2.75) is 18.9 Å². The molecule has 0 bridgehead atoms. The van der Waals surface area contributed by atoms with Crippen molar-refractivity contribution in [3.05, 3.63) is 23.9 Å². The Labute approximate surface area is 120 Å². The van der Waals surface area contributed by atoms with Gasteiger partial charge in [-0.15, -0.1) is 0 Å². The predicted molar refractivity (Wildman–Crippen MR) is 79.1 cm³/mol. The Hall–Kier alpha value is -1.62. The van der Waals surface area contributed by atoms with Gasteiger partial charge in [0.1, 0.15) is 5.82 Å². The van der Waals surface area contributed by atoms with E-state index in [0.29, 0.717) is 0 Å². The quantitative estimate of drug-likeness (QED) is 0.826. The van der Waals surface area contributed by atoms with Crippen molar-refractivity contribution in [2.24, 2.45) is 0 Å². The molecule has 1 aromatic heterocycles. The molecule has 1 aliphatic carbocycles. The molecule has 1 amide bonds. The largest absolute Gasteiger partial charge is 0.363 e. The van der Waals surface area contributed by atoms with Gasteiger partial charge < -0.3 is 9.80 Å². The molecule has 1 saturated heterocycles. The summed E-state index contributed by atoms with van der Waals surface area (Å²) in [4.78, 5) is 23.2. The molecule has 5 heteroatoms. The van der Waals surface area contributed by atoms with Crippen LogP contribution in [0, 0.1) is 0 Å². The highest BCUT2D eigenvalue weighted by molar-refractivity contribution is 5.94. The molecule has 0 atom stereocenters. The lowest BCUT2D eigenvalue weighted by Crippen LogP contribution is -2.49. The molecule has 5 nitrogen and oxygen atoms in total. The van der Waals surface area contributed by atoms with Crippen molar-refractivity contribution < 1.29 is 4.79 Å². The van der Waals surface area contributed by atoms with Gasteiger partial charge in [0.05, 0.1) is 0 Å². The lowest BCUT2D eigenvalue weighted by Gasteiger charge is -2.34. The average Bonchev–Trinajstić information content (AvgIpc) is 3.31. The van der Waals surface area contributed by atoms with E-state index in [0.717, 1.165) is 43.6 Å². The van der Waals surface area contributed by atoms with Gasteiger partial charge in [-0.05, 0) is 25.0 Å². The third-order valence-corrected chi connectivity index (χ3v) is 4.12. The zero-order valence-corrected chi connectivity index (χ0v) is 12.2. The Bertz CT molecular complexity index is 490. The van der Waals surface area contributed by atoms with Crippen molar-refractivity contribution in [2.75, 3.05) is 45.2 Å². The van der Waals surface area contributed by atoms with Gasteiger partial charge in [0.25, 0.3) is 5.91 Å². The summed E-state index contributed by atoms with van der Waals surface area (Å²) in [5.74, 6) is 0.957. The number of rotatable bonds is 3. The molecule has 3 rings (SSSR count). The molecule has 0 unspecified atom stereocenters. The average molecular weight is 274 g/mol. The summed E-state index contributed by atoms with van der Waals surface area (Å²) in [6, 6.07) is 4.48. The molecular weight excluding hydrogens is 252 g/mol. The summed E-state index contributed by atoms with van der Waals surface area (Å²) < 4.78 is 0.